The standard InChI is InChI=1S/C19H29N5O2S/c1-4-7-20-17(25)13-27-19-22-21-18(23-10-14(2)9-15(3)11-23)24(19)12-16-6-5-8-26-16/h5-6,8,14-15H,4,7,9-13H2,1-3H3,(H,20,25)/t14-,15-/m1/s1. The molecule has 0 radical (unpaired) electrons. The number of hydrogen-bond donors (Lipinski definition) is 1. The van der Waals surface area contributed by atoms with Crippen LogP contribution < -0.4 is 10.2 Å². The first-order valence-corrected chi connectivity index (χ1v) is 10.6. The van der Waals surface area contributed by atoms with Crippen molar-refractivity contribution < 1.29 is 9.21 Å². The van der Waals surface area contributed by atoms with Gasteiger partial charge in [0.15, 0.2) is 5.16 Å². The number of anilines is 1. The van der Waals surface area contributed by atoms with Crippen LogP contribution in [0.2, 0.25) is 0 Å². The largest absolute Gasteiger partial charge is 0.467 e. The monoisotopic (exact) mass is 391 g/mol. The van der Waals surface area contributed by atoms with E-state index >= 15 is 0 Å². The van der Waals surface area contributed by atoms with Gasteiger partial charge in [-0.05, 0) is 36.8 Å². The first-order chi connectivity index (χ1) is 13.1. The normalized spacial score (nSPS) is 20.0. The molecule has 8 heteroatoms. The van der Waals surface area contributed by atoms with E-state index in [1.807, 2.05) is 19.1 Å². The SMILES string of the molecule is CCCNC(=O)CSc1nnc(N2C[C@H](C)C[C@@H](C)C2)n1Cc1ccco1. The highest BCUT2D eigenvalue weighted by Gasteiger charge is 2.27. The molecule has 0 aromatic carbocycles. The lowest BCUT2D eigenvalue weighted by Crippen LogP contribution is -2.40. The van der Waals surface area contributed by atoms with E-state index in [9.17, 15) is 4.79 Å². The summed E-state index contributed by atoms with van der Waals surface area (Å²) in [6.07, 6.45) is 3.85. The molecule has 27 heavy (non-hydrogen) atoms. The quantitative estimate of drug-likeness (QED) is 0.697. The second-order valence-electron chi connectivity index (χ2n) is 7.44. The van der Waals surface area contributed by atoms with Gasteiger partial charge in [-0.2, -0.15) is 0 Å². The zero-order valence-corrected chi connectivity index (χ0v) is 17.2. The maximum Gasteiger partial charge on any atom is 0.230 e. The lowest BCUT2D eigenvalue weighted by atomic mass is 9.92. The molecule has 7 nitrogen and oxygen atoms in total. The molecular formula is C19H29N5O2S. The maximum absolute atomic E-state index is 12.0. The fourth-order valence-corrected chi connectivity index (χ4v) is 4.35. The number of nitrogens with zero attached hydrogens (tertiary/aromatic N) is 4. The first kappa shape index (κ1) is 19.8. The summed E-state index contributed by atoms with van der Waals surface area (Å²) in [7, 11) is 0. The van der Waals surface area contributed by atoms with E-state index < -0.39 is 0 Å². The van der Waals surface area contributed by atoms with Crippen molar-refractivity contribution in [3.8, 4) is 0 Å². The van der Waals surface area contributed by atoms with Gasteiger partial charge in [-0.25, -0.2) is 0 Å². The van der Waals surface area contributed by atoms with Crippen LogP contribution >= 0.6 is 11.8 Å². The molecule has 3 heterocycles. The Balaban J connectivity index is 1.78. The summed E-state index contributed by atoms with van der Waals surface area (Å²) in [5, 5.41) is 12.5. The third kappa shape index (κ3) is 5.28. The minimum atomic E-state index is 0.0242. The van der Waals surface area contributed by atoms with Crippen molar-refractivity contribution in [1.29, 1.82) is 0 Å². The Hall–Kier alpha value is -1.96. The van der Waals surface area contributed by atoms with Gasteiger partial charge in [-0.1, -0.05) is 32.5 Å². The number of carbonyl (C=O) groups excluding carboxylic acids is 1. The predicted molar refractivity (Wildman–Crippen MR) is 107 cm³/mol. The Morgan fingerprint density at radius 3 is 2.78 bits per heavy atom. The van der Waals surface area contributed by atoms with Gasteiger partial charge < -0.3 is 14.6 Å². The Morgan fingerprint density at radius 2 is 2.11 bits per heavy atom. The summed E-state index contributed by atoms with van der Waals surface area (Å²) in [6.45, 7) is 9.82. The van der Waals surface area contributed by atoms with Crippen molar-refractivity contribution in [1.82, 2.24) is 20.1 Å². The topological polar surface area (TPSA) is 76.2 Å². The van der Waals surface area contributed by atoms with Crippen molar-refractivity contribution >= 4 is 23.6 Å². The summed E-state index contributed by atoms with van der Waals surface area (Å²) in [5.41, 5.74) is 0. The molecule has 1 fully saturated rings. The number of furan rings is 1. The Morgan fingerprint density at radius 1 is 1.33 bits per heavy atom. The van der Waals surface area contributed by atoms with Gasteiger partial charge in [0.2, 0.25) is 11.9 Å². The van der Waals surface area contributed by atoms with Crippen LogP contribution in [0, 0.1) is 11.8 Å². The van der Waals surface area contributed by atoms with E-state index in [2.05, 4.69) is 38.8 Å². The minimum absolute atomic E-state index is 0.0242. The fraction of sp³-hybridized carbons (Fsp3) is 0.632. The third-order valence-electron chi connectivity index (χ3n) is 4.65. The number of rotatable bonds is 8. The number of piperidine rings is 1. The zero-order valence-electron chi connectivity index (χ0n) is 16.4. The van der Waals surface area contributed by atoms with Gasteiger partial charge in [0.05, 0.1) is 18.6 Å². The molecule has 1 amide bonds. The molecule has 2 aromatic rings. The summed E-state index contributed by atoms with van der Waals surface area (Å²) >= 11 is 1.42. The van der Waals surface area contributed by atoms with Crippen LogP contribution in [0.5, 0.6) is 0 Å². The molecule has 0 bridgehead atoms. The van der Waals surface area contributed by atoms with E-state index in [-0.39, 0.29) is 5.91 Å². The van der Waals surface area contributed by atoms with Gasteiger partial charge in [-0.15, -0.1) is 10.2 Å². The van der Waals surface area contributed by atoms with Crippen LogP contribution in [0.4, 0.5) is 5.95 Å². The van der Waals surface area contributed by atoms with Crippen molar-refractivity contribution in [3.05, 3.63) is 24.2 Å². The third-order valence-corrected chi connectivity index (χ3v) is 5.61. The fourth-order valence-electron chi connectivity index (χ4n) is 3.59. The summed E-state index contributed by atoms with van der Waals surface area (Å²) in [5.74, 6) is 3.32. The van der Waals surface area contributed by atoms with E-state index in [0.29, 0.717) is 30.7 Å². The highest BCUT2D eigenvalue weighted by molar-refractivity contribution is 7.99. The molecule has 0 unspecified atom stereocenters. The molecule has 1 saturated heterocycles. The Kier molecular flexibility index (Phi) is 6.82. The van der Waals surface area contributed by atoms with Crippen LogP contribution in [0.15, 0.2) is 28.0 Å². The first-order valence-electron chi connectivity index (χ1n) is 9.66. The molecule has 148 valence electrons. The number of aromatic nitrogens is 3. The Bertz CT molecular complexity index is 721. The van der Waals surface area contributed by atoms with Crippen LogP contribution in [0.3, 0.4) is 0 Å². The molecule has 1 aliphatic heterocycles. The van der Waals surface area contributed by atoms with Crippen LogP contribution in [-0.2, 0) is 11.3 Å². The molecular weight excluding hydrogens is 362 g/mol. The van der Waals surface area contributed by atoms with E-state index in [0.717, 1.165) is 36.4 Å². The molecule has 0 spiro atoms. The van der Waals surface area contributed by atoms with E-state index in [1.54, 1.807) is 6.26 Å². The van der Waals surface area contributed by atoms with Crippen molar-refractivity contribution in [2.75, 3.05) is 30.3 Å². The molecule has 1 N–H and O–H groups in total. The highest BCUT2D eigenvalue weighted by atomic mass is 32.2. The highest BCUT2D eigenvalue weighted by Crippen LogP contribution is 2.28. The number of carbonyl (C=O) groups is 1. The summed E-state index contributed by atoms with van der Waals surface area (Å²) in [4.78, 5) is 14.3. The number of amides is 1. The number of nitrogens with one attached hydrogen (secondary N) is 1. The summed E-state index contributed by atoms with van der Waals surface area (Å²) < 4.78 is 7.61. The van der Waals surface area contributed by atoms with Crippen LogP contribution in [-0.4, -0.2) is 46.1 Å². The molecule has 0 saturated carbocycles. The van der Waals surface area contributed by atoms with E-state index in [4.69, 9.17) is 4.42 Å². The number of thioether (sulfide) groups is 1. The van der Waals surface area contributed by atoms with Gasteiger partial charge in [0.1, 0.15) is 5.76 Å². The smallest absolute Gasteiger partial charge is 0.230 e. The van der Waals surface area contributed by atoms with Crippen molar-refractivity contribution in [2.45, 2.75) is 45.3 Å². The van der Waals surface area contributed by atoms with Gasteiger partial charge in [0.25, 0.3) is 0 Å². The van der Waals surface area contributed by atoms with Crippen molar-refractivity contribution in [2.24, 2.45) is 11.8 Å². The molecule has 2 aromatic heterocycles. The lowest BCUT2D eigenvalue weighted by Gasteiger charge is -2.35. The average molecular weight is 392 g/mol. The van der Waals surface area contributed by atoms with Gasteiger partial charge in [-0.3, -0.25) is 9.36 Å². The lowest BCUT2D eigenvalue weighted by molar-refractivity contribution is -0.118. The Labute approximate surface area is 164 Å². The molecule has 0 aliphatic carbocycles. The van der Waals surface area contributed by atoms with Crippen LogP contribution in [0.1, 0.15) is 39.4 Å². The molecule has 3 rings (SSSR count). The zero-order chi connectivity index (χ0) is 19.2. The second kappa shape index (κ2) is 9.30. The predicted octanol–water partition coefficient (Wildman–Crippen LogP) is 3.02. The number of hydrogen-bond acceptors (Lipinski definition) is 6. The maximum atomic E-state index is 12.0. The molecule has 2 atom stereocenters. The van der Waals surface area contributed by atoms with Gasteiger partial charge in [0, 0.05) is 19.6 Å². The van der Waals surface area contributed by atoms with Crippen LogP contribution in [0.25, 0.3) is 0 Å². The van der Waals surface area contributed by atoms with Gasteiger partial charge >= 0.3 is 0 Å². The average Bonchev–Trinajstić information content (AvgIpc) is 3.28. The molecule has 1 aliphatic rings. The van der Waals surface area contributed by atoms with Crippen molar-refractivity contribution in [3.63, 3.8) is 0 Å². The minimum Gasteiger partial charge on any atom is -0.467 e. The summed E-state index contributed by atoms with van der Waals surface area (Å²) in [6, 6.07) is 3.84. The second-order valence-corrected chi connectivity index (χ2v) is 8.38. The van der Waals surface area contributed by atoms with E-state index in [1.165, 1.54) is 18.2 Å².